The van der Waals surface area contributed by atoms with E-state index in [-0.39, 0.29) is 11.0 Å². The van der Waals surface area contributed by atoms with Gasteiger partial charge in [-0.25, -0.2) is 10.8 Å². The van der Waals surface area contributed by atoms with Crippen molar-refractivity contribution in [2.24, 2.45) is 5.84 Å². The van der Waals surface area contributed by atoms with Crippen molar-refractivity contribution in [3.63, 3.8) is 0 Å². The van der Waals surface area contributed by atoms with E-state index in [1.165, 1.54) is 11.3 Å². The molecule has 26 heavy (non-hydrogen) atoms. The van der Waals surface area contributed by atoms with Crippen LogP contribution < -0.4 is 21.4 Å². The van der Waals surface area contributed by atoms with E-state index in [2.05, 4.69) is 10.4 Å². The van der Waals surface area contributed by atoms with Crippen LogP contribution >= 0.6 is 11.3 Å². The highest BCUT2D eigenvalue weighted by Crippen LogP contribution is 2.34. The fourth-order valence-electron chi connectivity index (χ4n) is 3.20. The smallest absolute Gasteiger partial charge is 0.223 e. The van der Waals surface area contributed by atoms with E-state index in [4.69, 9.17) is 15.3 Å². The Kier molecular flexibility index (Phi) is 3.98. The van der Waals surface area contributed by atoms with Gasteiger partial charge in [0.05, 0.1) is 25.0 Å². The largest absolute Gasteiger partial charge is 0.497 e. The predicted octanol–water partition coefficient (Wildman–Crippen LogP) is 2.59. The summed E-state index contributed by atoms with van der Waals surface area (Å²) in [6, 6.07) is 7.51. The number of methoxy groups -OCH3 is 1. The Hall–Kier alpha value is -2.42. The van der Waals surface area contributed by atoms with Crippen molar-refractivity contribution in [2.75, 3.05) is 12.5 Å². The molecule has 0 bridgehead atoms. The number of fused-ring (bicyclic) bond motifs is 2. The average molecular weight is 372 g/mol. The van der Waals surface area contributed by atoms with E-state index in [0.29, 0.717) is 24.5 Å². The Morgan fingerprint density at radius 2 is 2.08 bits per heavy atom. The summed E-state index contributed by atoms with van der Waals surface area (Å²) >= 11 is 1.52. The highest BCUT2D eigenvalue weighted by atomic mass is 32.1. The number of benzene rings is 1. The molecule has 8 heteroatoms. The third-order valence-corrected chi connectivity index (χ3v) is 5.72. The molecule has 0 radical (unpaired) electrons. The van der Waals surface area contributed by atoms with Crippen LogP contribution in [0.2, 0.25) is 0 Å². The van der Waals surface area contributed by atoms with Crippen LogP contribution in [0.3, 0.4) is 0 Å². The summed E-state index contributed by atoms with van der Waals surface area (Å²) in [5.41, 5.74) is 4.27. The molecule has 3 N–H and O–H groups in total. The van der Waals surface area contributed by atoms with E-state index < -0.39 is 0 Å². The molecule has 0 saturated carbocycles. The molecule has 0 amide bonds. The number of nitrogens with one attached hydrogen (secondary N) is 1. The maximum absolute atomic E-state index is 13.1. The zero-order valence-electron chi connectivity index (χ0n) is 14.8. The molecule has 7 nitrogen and oxygen atoms in total. The van der Waals surface area contributed by atoms with Crippen LogP contribution in [0.15, 0.2) is 29.1 Å². The van der Waals surface area contributed by atoms with Gasteiger partial charge in [0.15, 0.2) is 0 Å². The number of nitrogen functional groups attached to an aromatic ring is 1. The first-order chi connectivity index (χ1) is 12.4. The molecule has 4 rings (SSSR count). The van der Waals surface area contributed by atoms with Gasteiger partial charge in [-0.2, -0.15) is 0 Å². The quantitative estimate of drug-likeness (QED) is 0.542. The van der Waals surface area contributed by atoms with Crippen molar-refractivity contribution in [3.8, 4) is 11.4 Å². The van der Waals surface area contributed by atoms with Gasteiger partial charge in [-0.05, 0) is 38.1 Å². The number of hydrogen-bond donors (Lipinski definition) is 2. The summed E-state index contributed by atoms with van der Waals surface area (Å²) in [6.45, 7) is 4.41. The van der Waals surface area contributed by atoms with Crippen LogP contribution in [0.25, 0.3) is 16.0 Å². The zero-order chi connectivity index (χ0) is 18.5. The van der Waals surface area contributed by atoms with Crippen molar-refractivity contribution in [3.05, 3.63) is 44.9 Å². The van der Waals surface area contributed by atoms with Crippen molar-refractivity contribution < 1.29 is 9.47 Å². The third kappa shape index (κ3) is 2.66. The zero-order valence-corrected chi connectivity index (χ0v) is 15.6. The lowest BCUT2D eigenvalue weighted by Gasteiger charge is -2.30. The highest BCUT2D eigenvalue weighted by Gasteiger charge is 2.30. The highest BCUT2D eigenvalue weighted by molar-refractivity contribution is 7.18. The number of nitrogens with two attached hydrogens (primary N) is 1. The first-order valence-corrected chi connectivity index (χ1v) is 9.07. The molecule has 1 aliphatic rings. The molecular weight excluding hydrogens is 352 g/mol. The molecular formula is C18H20N4O3S. The predicted molar refractivity (Wildman–Crippen MR) is 102 cm³/mol. The van der Waals surface area contributed by atoms with Gasteiger partial charge < -0.3 is 9.47 Å². The Balaban J connectivity index is 1.96. The minimum Gasteiger partial charge on any atom is -0.497 e. The normalized spacial score (nSPS) is 15.7. The van der Waals surface area contributed by atoms with E-state index in [1.54, 1.807) is 7.11 Å². The van der Waals surface area contributed by atoms with Crippen LogP contribution in [0.4, 0.5) is 5.95 Å². The summed E-state index contributed by atoms with van der Waals surface area (Å²) in [6.07, 6.45) is 0.578. The Bertz CT molecular complexity index is 1040. The second-order valence-corrected chi connectivity index (χ2v) is 7.91. The summed E-state index contributed by atoms with van der Waals surface area (Å²) < 4.78 is 13.0. The average Bonchev–Trinajstić information content (AvgIpc) is 3.01. The number of imidazole rings is 1. The van der Waals surface area contributed by atoms with Crippen molar-refractivity contribution in [1.29, 1.82) is 0 Å². The fraction of sp³-hybridized carbons (Fsp3) is 0.333. The second kappa shape index (κ2) is 6.08. The Morgan fingerprint density at radius 3 is 2.73 bits per heavy atom. The molecule has 136 valence electrons. The van der Waals surface area contributed by atoms with Gasteiger partial charge in [-0.15, -0.1) is 11.3 Å². The number of anilines is 1. The van der Waals surface area contributed by atoms with Gasteiger partial charge in [0.1, 0.15) is 16.1 Å². The summed E-state index contributed by atoms with van der Waals surface area (Å²) in [5, 5.41) is 0. The lowest BCUT2D eigenvalue weighted by Crippen LogP contribution is -2.34. The van der Waals surface area contributed by atoms with Gasteiger partial charge in [0.25, 0.3) is 0 Å². The molecule has 1 aliphatic heterocycles. The SMILES string of the molecule is COc1ccc(-n2c(NN)nc3c(=O)c4c(sc32)COC(C)(C)C4)cc1. The third-order valence-electron chi connectivity index (χ3n) is 4.54. The van der Waals surface area contributed by atoms with E-state index in [1.807, 2.05) is 42.7 Å². The molecule has 3 heterocycles. The van der Waals surface area contributed by atoms with Crippen LogP contribution in [0.5, 0.6) is 5.75 Å². The molecule has 0 saturated heterocycles. The van der Waals surface area contributed by atoms with Crippen molar-refractivity contribution in [2.45, 2.75) is 32.5 Å². The Morgan fingerprint density at radius 1 is 1.35 bits per heavy atom. The lowest BCUT2D eigenvalue weighted by atomic mass is 9.95. The second-order valence-electron chi connectivity index (χ2n) is 6.83. The standard InChI is InChI=1S/C18H20N4O3S/c1-18(2)8-12-13(9-25-18)26-16-14(15(12)23)20-17(21-19)22(16)10-4-6-11(24-3)7-5-10/h4-7H,8-9,19H2,1-3H3,(H,20,21). The first-order valence-electron chi connectivity index (χ1n) is 8.26. The van der Waals surface area contributed by atoms with Gasteiger partial charge in [-0.3, -0.25) is 14.8 Å². The lowest BCUT2D eigenvalue weighted by molar-refractivity contribution is -0.0386. The minimum absolute atomic E-state index is 0.0473. The molecule has 0 spiro atoms. The summed E-state index contributed by atoms with van der Waals surface area (Å²) in [7, 11) is 1.62. The van der Waals surface area contributed by atoms with Crippen LogP contribution in [0.1, 0.15) is 24.3 Å². The van der Waals surface area contributed by atoms with Gasteiger partial charge >= 0.3 is 0 Å². The topological polar surface area (TPSA) is 91.4 Å². The molecule has 0 unspecified atom stereocenters. The Labute approximate surface area is 154 Å². The maximum Gasteiger partial charge on any atom is 0.223 e. The molecule has 1 aromatic carbocycles. The fourth-order valence-corrected chi connectivity index (χ4v) is 4.35. The minimum atomic E-state index is -0.347. The van der Waals surface area contributed by atoms with E-state index in [9.17, 15) is 4.79 Å². The number of ether oxygens (including phenoxy) is 2. The number of hydrogen-bond acceptors (Lipinski definition) is 7. The molecule has 3 aromatic rings. The number of rotatable bonds is 3. The van der Waals surface area contributed by atoms with Crippen LogP contribution in [0, 0.1) is 0 Å². The first kappa shape index (κ1) is 17.0. The monoisotopic (exact) mass is 372 g/mol. The molecule has 2 aromatic heterocycles. The maximum atomic E-state index is 13.1. The molecule has 0 fully saturated rings. The van der Waals surface area contributed by atoms with Crippen molar-refractivity contribution in [1.82, 2.24) is 9.55 Å². The van der Waals surface area contributed by atoms with E-state index in [0.717, 1.165) is 26.7 Å². The summed E-state index contributed by atoms with van der Waals surface area (Å²) in [4.78, 5) is 19.2. The van der Waals surface area contributed by atoms with Crippen LogP contribution in [-0.2, 0) is 17.8 Å². The van der Waals surface area contributed by atoms with Gasteiger partial charge in [0.2, 0.25) is 11.4 Å². The van der Waals surface area contributed by atoms with Gasteiger partial charge in [0, 0.05) is 16.9 Å². The number of hydrazine groups is 1. The molecule has 0 aliphatic carbocycles. The van der Waals surface area contributed by atoms with Gasteiger partial charge in [-0.1, -0.05) is 0 Å². The number of aromatic nitrogens is 2. The van der Waals surface area contributed by atoms with Crippen molar-refractivity contribution >= 4 is 27.6 Å². The van der Waals surface area contributed by atoms with E-state index >= 15 is 0 Å². The number of nitrogens with zero attached hydrogens (tertiary/aromatic N) is 2. The summed E-state index contributed by atoms with van der Waals surface area (Å²) in [5.74, 6) is 6.84. The van der Waals surface area contributed by atoms with Crippen LogP contribution in [-0.4, -0.2) is 22.3 Å². The molecule has 0 atom stereocenters.